The molecule has 1 aromatic heterocycles. The van der Waals surface area contributed by atoms with E-state index in [9.17, 15) is 0 Å². The monoisotopic (exact) mass is 448 g/mol. The molecule has 3 aliphatic rings. The van der Waals surface area contributed by atoms with Crippen LogP contribution in [-0.4, -0.2) is 0 Å². The van der Waals surface area contributed by atoms with Gasteiger partial charge >= 0.3 is 0 Å². The number of ether oxygens (including phenoxy) is 1. The number of aryl methyl sites for hydroxylation is 2. The van der Waals surface area contributed by atoms with Gasteiger partial charge in [-0.05, 0) is 82.7 Å². The Morgan fingerprint density at radius 1 is 0.971 bits per heavy atom. The molecule has 0 radical (unpaired) electrons. The zero-order chi connectivity index (χ0) is 23.4. The number of hydrogen-bond donors (Lipinski definition) is 0. The third-order valence-corrected chi connectivity index (χ3v) is 9.02. The van der Waals surface area contributed by atoms with Crippen molar-refractivity contribution in [2.24, 2.45) is 18.9 Å². The normalized spacial score (nSPS) is 22.9. The van der Waals surface area contributed by atoms with Gasteiger partial charge in [0.05, 0.1) is 10.9 Å². The summed E-state index contributed by atoms with van der Waals surface area (Å²) in [7, 11) is 2.18. The molecule has 2 heteroatoms. The Bertz CT molecular complexity index is 1510. The predicted molar refractivity (Wildman–Crippen MR) is 140 cm³/mol. The fourth-order valence-electron chi connectivity index (χ4n) is 7.56. The molecule has 2 fully saturated rings. The molecule has 7 rings (SSSR count). The van der Waals surface area contributed by atoms with Gasteiger partial charge in [0.1, 0.15) is 18.5 Å². The number of fused-ring (bicyclic) bond motifs is 5. The summed E-state index contributed by atoms with van der Waals surface area (Å²) in [5, 5.41) is 5.23. The largest absolute Gasteiger partial charge is 0.455 e. The average Bonchev–Trinajstić information content (AvgIpc) is 3.44. The van der Waals surface area contributed by atoms with E-state index in [-0.39, 0.29) is 5.41 Å². The van der Waals surface area contributed by atoms with Crippen LogP contribution in [0.15, 0.2) is 48.7 Å². The van der Waals surface area contributed by atoms with Gasteiger partial charge in [-0.25, -0.2) is 4.57 Å². The Labute approximate surface area is 202 Å². The molecular weight excluding hydrogens is 414 g/mol. The van der Waals surface area contributed by atoms with Gasteiger partial charge in [-0.15, -0.1) is 0 Å². The predicted octanol–water partition coefficient (Wildman–Crippen LogP) is 8.10. The number of rotatable bonds is 1. The number of pyridine rings is 1. The number of nitrogens with zero attached hydrogens (tertiary/aromatic N) is 1. The van der Waals surface area contributed by atoms with Gasteiger partial charge in [-0.3, -0.25) is 0 Å². The molecule has 3 aromatic carbocycles. The van der Waals surface area contributed by atoms with Crippen LogP contribution in [0.3, 0.4) is 0 Å². The van der Waals surface area contributed by atoms with E-state index < -0.39 is 0 Å². The van der Waals surface area contributed by atoms with Gasteiger partial charge in [0.2, 0.25) is 5.69 Å². The molecule has 172 valence electrons. The summed E-state index contributed by atoms with van der Waals surface area (Å²) >= 11 is 0. The van der Waals surface area contributed by atoms with E-state index in [0.29, 0.717) is 5.92 Å². The summed E-state index contributed by atoms with van der Waals surface area (Å²) in [4.78, 5) is 0. The third kappa shape index (κ3) is 2.72. The van der Waals surface area contributed by atoms with Crippen molar-refractivity contribution in [3.05, 3.63) is 65.4 Å². The van der Waals surface area contributed by atoms with Crippen molar-refractivity contribution in [3.63, 3.8) is 0 Å². The van der Waals surface area contributed by atoms with Crippen LogP contribution in [0.1, 0.15) is 69.1 Å². The van der Waals surface area contributed by atoms with Crippen molar-refractivity contribution in [3.8, 4) is 22.8 Å². The van der Waals surface area contributed by atoms with E-state index in [1.54, 1.807) is 0 Å². The maximum absolute atomic E-state index is 7.02. The van der Waals surface area contributed by atoms with Crippen molar-refractivity contribution in [2.75, 3.05) is 0 Å². The van der Waals surface area contributed by atoms with Crippen LogP contribution in [-0.2, 0) is 12.5 Å². The number of benzene rings is 3. The fourth-order valence-corrected chi connectivity index (χ4v) is 7.56. The third-order valence-electron chi connectivity index (χ3n) is 9.02. The highest BCUT2D eigenvalue weighted by molar-refractivity contribution is 6.07. The fraction of sp³-hybridized carbons (Fsp3) is 0.406. The smallest absolute Gasteiger partial charge is 0.228 e. The highest BCUT2D eigenvalue weighted by Gasteiger charge is 2.41. The van der Waals surface area contributed by atoms with E-state index in [0.717, 1.165) is 23.3 Å². The molecule has 4 aromatic rings. The molecule has 2 heterocycles. The topological polar surface area (TPSA) is 13.1 Å². The van der Waals surface area contributed by atoms with E-state index in [1.165, 1.54) is 75.2 Å². The van der Waals surface area contributed by atoms with Crippen molar-refractivity contribution in [1.29, 1.82) is 0 Å². The SMILES string of the molecule is Cc1c2c(c(C(C)(C)C)c3ccccc13)Oc1cc(C3CC4CCC3C4)cc3cc[n+](C)c-2c13. The van der Waals surface area contributed by atoms with Crippen LogP contribution in [0.4, 0.5) is 0 Å². The van der Waals surface area contributed by atoms with Gasteiger partial charge in [0, 0.05) is 11.6 Å². The van der Waals surface area contributed by atoms with Gasteiger partial charge in [-0.2, -0.15) is 0 Å². The van der Waals surface area contributed by atoms with Gasteiger partial charge in [0.25, 0.3) is 0 Å². The first-order valence-corrected chi connectivity index (χ1v) is 13.0. The summed E-state index contributed by atoms with van der Waals surface area (Å²) in [5.41, 5.74) is 6.64. The minimum absolute atomic E-state index is 0.0381. The van der Waals surface area contributed by atoms with E-state index >= 15 is 0 Å². The molecular formula is C32H34NO+. The van der Waals surface area contributed by atoms with Gasteiger partial charge in [-0.1, -0.05) is 57.5 Å². The van der Waals surface area contributed by atoms with Crippen LogP contribution in [0.25, 0.3) is 32.8 Å². The quantitative estimate of drug-likeness (QED) is 0.236. The van der Waals surface area contributed by atoms with E-state index in [2.05, 4.69) is 88.0 Å². The minimum Gasteiger partial charge on any atom is -0.455 e. The molecule has 0 amide bonds. The van der Waals surface area contributed by atoms with E-state index in [1.807, 2.05) is 0 Å². The number of aromatic nitrogens is 1. The first-order chi connectivity index (χ1) is 16.3. The molecule has 0 spiro atoms. The molecule has 3 atom stereocenters. The number of hydrogen-bond acceptors (Lipinski definition) is 1. The Balaban J connectivity index is 1.56. The summed E-state index contributed by atoms with van der Waals surface area (Å²) in [6, 6.07) is 16.0. The lowest BCUT2D eigenvalue weighted by Gasteiger charge is -2.31. The Hall–Kier alpha value is -2.87. The molecule has 34 heavy (non-hydrogen) atoms. The second kappa shape index (κ2) is 6.84. The van der Waals surface area contributed by atoms with Gasteiger partial charge in [0.15, 0.2) is 6.20 Å². The van der Waals surface area contributed by atoms with Crippen LogP contribution >= 0.6 is 0 Å². The van der Waals surface area contributed by atoms with Crippen molar-refractivity contribution < 1.29 is 9.30 Å². The Morgan fingerprint density at radius 3 is 2.47 bits per heavy atom. The summed E-state index contributed by atoms with van der Waals surface area (Å²) in [6.45, 7) is 9.21. The zero-order valence-electron chi connectivity index (χ0n) is 21.0. The minimum atomic E-state index is -0.0381. The first-order valence-electron chi connectivity index (χ1n) is 13.0. The molecule has 2 bridgehead atoms. The summed E-state index contributed by atoms with van der Waals surface area (Å²) in [6.07, 6.45) is 7.87. The Kier molecular flexibility index (Phi) is 4.12. The molecule has 2 saturated carbocycles. The lowest BCUT2D eigenvalue weighted by atomic mass is 9.78. The molecule has 2 nitrogen and oxygen atoms in total. The van der Waals surface area contributed by atoms with Gasteiger partial charge < -0.3 is 4.74 Å². The average molecular weight is 449 g/mol. The van der Waals surface area contributed by atoms with Crippen LogP contribution in [0, 0.1) is 18.8 Å². The molecule has 1 aliphatic heterocycles. The van der Waals surface area contributed by atoms with Crippen molar-refractivity contribution >= 4 is 21.5 Å². The second-order valence-corrected chi connectivity index (χ2v) is 12.1. The maximum Gasteiger partial charge on any atom is 0.228 e. The standard InChI is InChI=1S/C32H34NO/c1-18-23-8-6-7-9-24(23)29(32(2,3)4)31-27(18)30-28-21(12-13-33(30)5)16-22(17-26(28)34-31)25-15-19-10-11-20(25)14-19/h6-9,12-13,16-17,19-20,25H,10-11,14-15H2,1-5H3/q+1. The maximum atomic E-state index is 7.02. The van der Waals surface area contributed by atoms with Crippen molar-refractivity contribution in [1.82, 2.24) is 0 Å². The molecule has 0 saturated heterocycles. The van der Waals surface area contributed by atoms with Crippen LogP contribution < -0.4 is 9.30 Å². The highest BCUT2D eigenvalue weighted by Crippen LogP contribution is 2.56. The van der Waals surface area contributed by atoms with Crippen LogP contribution in [0.2, 0.25) is 0 Å². The van der Waals surface area contributed by atoms with Crippen LogP contribution in [0.5, 0.6) is 11.5 Å². The lowest BCUT2D eigenvalue weighted by Crippen LogP contribution is -2.32. The van der Waals surface area contributed by atoms with Crippen molar-refractivity contribution in [2.45, 2.75) is 64.7 Å². The lowest BCUT2D eigenvalue weighted by molar-refractivity contribution is -0.659. The first kappa shape index (κ1) is 20.5. The van der Waals surface area contributed by atoms with E-state index in [4.69, 9.17) is 4.74 Å². The Morgan fingerprint density at radius 2 is 1.76 bits per heavy atom. The summed E-state index contributed by atoms with van der Waals surface area (Å²) < 4.78 is 9.32. The zero-order valence-corrected chi connectivity index (χ0v) is 21.0. The summed E-state index contributed by atoms with van der Waals surface area (Å²) in [5.74, 6) is 4.61. The molecule has 3 unspecified atom stereocenters. The second-order valence-electron chi connectivity index (χ2n) is 12.1. The highest BCUT2D eigenvalue weighted by atomic mass is 16.5. The molecule has 2 aliphatic carbocycles. The molecule has 0 N–H and O–H groups in total.